The topological polar surface area (TPSA) is 277 Å². The minimum atomic E-state index is -0.233. The Kier molecular flexibility index (Phi) is 101. The van der Waals surface area contributed by atoms with Crippen molar-refractivity contribution in [2.45, 2.75) is 400 Å². The third-order valence-corrected chi connectivity index (χ3v) is 32.4. The van der Waals surface area contributed by atoms with Gasteiger partial charge in [0.1, 0.15) is 11.6 Å². The van der Waals surface area contributed by atoms with E-state index in [-0.39, 0.29) is 163 Å². The normalized spacial score (nSPS) is 11.4. The Bertz CT molecular complexity index is 2610. The van der Waals surface area contributed by atoms with Gasteiger partial charge in [-0.15, -0.1) is 0 Å². The molecule has 0 aromatic heterocycles. The first-order chi connectivity index (χ1) is 62.7. The summed E-state index contributed by atoms with van der Waals surface area (Å²) in [7, 11) is 14.1. The molecule has 0 aliphatic carbocycles. The summed E-state index contributed by atoms with van der Waals surface area (Å²) in [6.07, 6.45) is 68.2. The largest absolute Gasteiger partial charge is 0.356 e. The van der Waals surface area contributed by atoms with Crippen LogP contribution in [0.2, 0.25) is 0 Å². The van der Waals surface area contributed by atoms with Gasteiger partial charge in [0.15, 0.2) is 0 Å². The number of carbonyl (C=O) groups excluding carboxylic acids is 10. The van der Waals surface area contributed by atoms with Crippen LogP contribution in [-0.2, 0) is 47.9 Å². The molecule has 21 nitrogen and oxygen atoms in total. The number of hydrogen-bond acceptors (Lipinski definition) is 22. The molecule has 750 valence electrons. The highest BCUT2D eigenvalue weighted by molar-refractivity contribution is 8.77. The zero-order valence-electron chi connectivity index (χ0n) is 81.5. The molecule has 0 heterocycles. The molecule has 0 saturated heterocycles. The Hall–Kier alpha value is -1.87. The number of hydrogen-bond donors (Lipinski definition) is 9. The molecule has 0 spiro atoms. The molecule has 8 amide bonds. The highest BCUT2D eigenvalue weighted by atomic mass is 33.1. The molecule has 0 saturated carbocycles. The van der Waals surface area contributed by atoms with Crippen LogP contribution in [0.3, 0.4) is 0 Å². The highest BCUT2D eigenvalue weighted by Gasteiger charge is 2.21. The van der Waals surface area contributed by atoms with Crippen molar-refractivity contribution in [3.63, 3.8) is 0 Å². The summed E-state index contributed by atoms with van der Waals surface area (Å²) in [5, 5.41) is 23.6. The van der Waals surface area contributed by atoms with Crippen molar-refractivity contribution in [3.8, 4) is 0 Å². The molecule has 0 rings (SSSR count). The quantitative estimate of drug-likeness (QED) is 0.0155. The monoisotopic (exact) mass is 1970 g/mol. The SMILES string of the molecule is CCCCCCCCCCCCCCCCCCCCSSCCC(=O)NCCNC(=O)CCN(CCC(=O)NCCNC(=O)CCS)CCN(CCC(=O)CCCN(CCC(=O)NCCCC(=O)CCSSCCCCCCCCCCCCCCCCCCC)CCC(=O)NCCNC(=O)CCSSCCCCCCCCCCCCC)C(=O)CNCCSSC. The molecule has 0 unspecified atom stereocenters. The third kappa shape index (κ3) is 95.8. The zero-order valence-corrected chi connectivity index (χ0v) is 89.0. The van der Waals surface area contributed by atoms with E-state index in [1.54, 1.807) is 58.9 Å². The van der Waals surface area contributed by atoms with Gasteiger partial charge in [0.2, 0.25) is 47.3 Å². The predicted octanol–water partition coefficient (Wildman–Crippen LogP) is 22.1. The Labute approximate surface area is 819 Å². The third-order valence-electron chi connectivity index (χ3n) is 22.9. The summed E-state index contributed by atoms with van der Waals surface area (Å²) in [6.45, 7) is 11.9. The number of carbonyl (C=O) groups is 10. The fourth-order valence-corrected chi connectivity index (χ4v) is 22.6. The Morgan fingerprint density at radius 2 is 0.500 bits per heavy atom. The van der Waals surface area contributed by atoms with Crippen molar-refractivity contribution >= 4 is 158 Å². The number of nitrogens with one attached hydrogen (secondary N) is 8. The van der Waals surface area contributed by atoms with Gasteiger partial charge in [-0.3, -0.25) is 47.9 Å². The second-order valence-electron chi connectivity index (χ2n) is 34.6. The van der Waals surface area contributed by atoms with Gasteiger partial charge in [0, 0.05) is 209 Å². The van der Waals surface area contributed by atoms with E-state index in [9.17, 15) is 47.9 Å². The molecule has 0 aromatic carbocycles. The van der Waals surface area contributed by atoms with E-state index in [4.69, 9.17) is 0 Å². The molecule has 0 aliphatic heterocycles. The highest BCUT2D eigenvalue weighted by Crippen LogP contribution is 2.27. The van der Waals surface area contributed by atoms with Crippen LogP contribution in [0.1, 0.15) is 400 Å². The van der Waals surface area contributed by atoms with Gasteiger partial charge in [0.25, 0.3) is 0 Å². The predicted molar refractivity (Wildman–Crippen MR) is 567 cm³/mol. The standard InChI is InChI=1S/C98H189N11O10S9/c1-5-8-11-14-17-20-23-25-27-29-31-33-35-38-41-44-47-50-83-125-128-86-63-97(118)106-70-67-103-94(115)59-76-108(75-58-93(114)101-65-68-104-95(116)60-80-120)78-79-109(98(119)88-99-71-87-122-121-4)77-55-89(110)54-52-72-107(74-57-92(113)102-66-69-105-96(117)62-85-127-124-82-49-46-42-39-36-22-19-16-13-10-7-3)73-56-91(112)100-64-51-53-90(111)61-84-126-123-81-48-45-43-40-37-34-32-30-28-26-24-21-18-15-12-9-6-2/h99,120H,5-88H2,1-4H3,(H,100,112)(H,101,114)(H,102,113)(H,103,115)(H,104,116)(H,105,117)(H,106,118). The molecule has 8 N–H and O–H groups in total. The van der Waals surface area contributed by atoms with Gasteiger partial charge in [-0.05, 0) is 50.7 Å². The molecule has 0 atom stereocenters. The van der Waals surface area contributed by atoms with Crippen LogP contribution in [0.15, 0.2) is 0 Å². The number of nitrogens with zero attached hydrogens (tertiary/aromatic N) is 3. The first-order valence-electron chi connectivity index (χ1n) is 51.5. The molecule has 0 bridgehead atoms. The van der Waals surface area contributed by atoms with Crippen molar-refractivity contribution in [2.75, 3.05) is 164 Å². The maximum atomic E-state index is 14.1. The Morgan fingerprint density at radius 3 is 0.828 bits per heavy atom. The number of ketones is 2. The Balaban J connectivity index is 5.52. The lowest BCUT2D eigenvalue weighted by Crippen LogP contribution is -2.45. The number of Topliss-reactive ketones (excluding diaryl/α,β-unsaturated/α-hetero) is 2. The van der Waals surface area contributed by atoms with E-state index in [2.05, 4.69) is 75.9 Å². The van der Waals surface area contributed by atoms with Gasteiger partial charge < -0.3 is 57.2 Å². The average Bonchev–Trinajstić information content (AvgIpc) is 0.916. The average molecular weight is 1970 g/mol. The lowest BCUT2D eigenvalue weighted by Gasteiger charge is -2.28. The van der Waals surface area contributed by atoms with Crippen molar-refractivity contribution in [1.29, 1.82) is 0 Å². The lowest BCUT2D eigenvalue weighted by molar-refractivity contribution is -0.131. The van der Waals surface area contributed by atoms with Gasteiger partial charge in [0.05, 0.1) is 6.54 Å². The van der Waals surface area contributed by atoms with Crippen molar-refractivity contribution in [2.24, 2.45) is 0 Å². The summed E-state index contributed by atoms with van der Waals surface area (Å²) in [4.78, 5) is 137. The van der Waals surface area contributed by atoms with Crippen LogP contribution in [0.4, 0.5) is 0 Å². The van der Waals surface area contributed by atoms with Crippen molar-refractivity contribution in [1.82, 2.24) is 57.2 Å². The van der Waals surface area contributed by atoms with Crippen LogP contribution < -0.4 is 42.5 Å². The van der Waals surface area contributed by atoms with Crippen LogP contribution in [0, 0.1) is 0 Å². The van der Waals surface area contributed by atoms with E-state index >= 15 is 0 Å². The molecule has 128 heavy (non-hydrogen) atoms. The van der Waals surface area contributed by atoms with Gasteiger partial charge in [-0.1, -0.05) is 383 Å². The molecular weight excluding hydrogens is 1780 g/mol. The van der Waals surface area contributed by atoms with E-state index < -0.39 is 0 Å². The van der Waals surface area contributed by atoms with Gasteiger partial charge in [-0.2, -0.15) is 12.6 Å². The molecule has 0 aliphatic rings. The maximum absolute atomic E-state index is 14.1. The molecule has 0 aromatic rings. The van der Waals surface area contributed by atoms with E-state index in [0.29, 0.717) is 96.6 Å². The molecule has 30 heteroatoms. The fourth-order valence-electron chi connectivity index (χ4n) is 14.8. The minimum Gasteiger partial charge on any atom is -0.356 e. The summed E-state index contributed by atoms with van der Waals surface area (Å²) >= 11 is 4.13. The lowest BCUT2D eigenvalue weighted by atomic mass is 10.0. The van der Waals surface area contributed by atoms with Gasteiger partial charge in [-0.25, -0.2) is 0 Å². The summed E-state index contributed by atoms with van der Waals surface area (Å²) in [5.74, 6) is 5.67. The molecule has 0 fully saturated rings. The number of rotatable bonds is 104. The van der Waals surface area contributed by atoms with Crippen LogP contribution in [0.5, 0.6) is 0 Å². The summed E-state index contributed by atoms with van der Waals surface area (Å²) < 4.78 is 0. The number of unbranched alkanes of at least 4 members (excludes halogenated alkanes) is 43. The van der Waals surface area contributed by atoms with E-state index in [1.165, 1.54) is 295 Å². The van der Waals surface area contributed by atoms with Crippen LogP contribution >= 0.6 is 99.0 Å². The maximum Gasteiger partial charge on any atom is 0.236 e. The van der Waals surface area contributed by atoms with Crippen LogP contribution in [-0.4, -0.2) is 237 Å². The van der Waals surface area contributed by atoms with Crippen LogP contribution in [0.25, 0.3) is 0 Å². The smallest absolute Gasteiger partial charge is 0.236 e. The first kappa shape index (κ1) is 126. The second-order valence-corrected chi connectivity index (χ2v) is 45.8. The second kappa shape index (κ2) is 103. The molecule has 0 radical (unpaired) electrons. The number of thiol groups is 1. The van der Waals surface area contributed by atoms with Crippen molar-refractivity contribution < 1.29 is 47.9 Å². The minimum absolute atomic E-state index is 0.0450. The van der Waals surface area contributed by atoms with Crippen molar-refractivity contribution in [3.05, 3.63) is 0 Å². The number of amides is 8. The zero-order chi connectivity index (χ0) is 93.2. The molecular formula is C98H189N11O10S9. The van der Waals surface area contributed by atoms with E-state index in [1.807, 2.05) is 48.4 Å². The fraction of sp³-hybridized carbons (Fsp3) is 0.898. The summed E-state index contributed by atoms with van der Waals surface area (Å²) in [6, 6.07) is 0. The Morgan fingerprint density at radius 1 is 0.227 bits per heavy atom. The van der Waals surface area contributed by atoms with Gasteiger partial charge >= 0.3 is 0 Å². The summed E-state index contributed by atoms with van der Waals surface area (Å²) in [5.41, 5.74) is 0. The first-order valence-corrected chi connectivity index (χ1v) is 62.3. The van der Waals surface area contributed by atoms with E-state index in [0.717, 1.165) is 40.3 Å².